The van der Waals surface area contributed by atoms with E-state index in [1.165, 1.54) is 7.11 Å². The molecular weight excluding hydrogens is 436 g/mol. The SMILES string of the molecule is COC(=O)C(Cc1c[nH]c2ccccc12)N=Cc1c(O)n(-c2cc(C)cc(C)c2)c(=O)[nH]c1=O. The van der Waals surface area contributed by atoms with Crippen molar-refractivity contribution in [3.8, 4) is 11.6 Å². The fourth-order valence-electron chi connectivity index (χ4n) is 3.98. The molecule has 0 saturated carbocycles. The number of para-hydroxylation sites is 1. The molecule has 0 aliphatic carbocycles. The number of aromatic amines is 2. The molecule has 0 bridgehead atoms. The van der Waals surface area contributed by atoms with E-state index in [0.717, 1.165) is 38.4 Å². The number of methoxy groups -OCH3 is 1. The van der Waals surface area contributed by atoms with E-state index in [1.54, 1.807) is 18.3 Å². The van der Waals surface area contributed by atoms with Crippen molar-refractivity contribution < 1.29 is 14.6 Å². The molecule has 174 valence electrons. The molecule has 9 heteroatoms. The second kappa shape index (κ2) is 9.22. The molecule has 2 aromatic carbocycles. The summed E-state index contributed by atoms with van der Waals surface area (Å²) in [6, 6.07) is 12.0. The number of nitrogens with one attached hydrogen (secondary N) is 2. The highest BCUT2D eigenvalue weighted by atomic mass is 16.5. The minimum atomic E-state index is -0.968. The Hall–Kier alpha value is -4.40. The second-order valence-electron chi connectivity index (χ2n) is 8.06. The highest BCUT2D eigenvalue weighted by molar-refractivity contribution is 5.87. The van der Waals surface area contributed by atoms with Crippen LogP contribution in [0.3, 0.4) is 0 Å². The zero-order valence-corrected chi connectivity index (χ0v) is 19.0. The number of carbonyl (C=O) groups excluding carboxylic acids is 1. The van der Waals surface area contributed by atoms with Crippen molar-refractivity contribution in [2.45, 2.75) is 26.3 Å². The number of aromatic nitrogens is 3. The summed E-state index contributed by atoms with van der Waals surface area (Å²) in [5.74, 6) is -1.17. The Labute approximate surface area is 194 Å². The summed E-state index contributed by atoms with van der Waals surface area (Å²) in [5, 5.41) is 11.8. The number of hydrogen-bond donors (Lipinski definition) is 3. The monoisotopic (exact) mass is 460 g/mol. The van der Waals surface area contributed by atoms with E-state index < -0.39 is 29.1 Å². The molecule has 0 saturated heterocycles. The summed E-state index contributed by atoms with van der Waals surface area (Å²) in [6.07, 6.45) is 3.10. The van der Waals surface area contributed by atoms with Crippen molar-refractivity contribution in [3.05, 3.63) is 91.8 Å². The first kappa shape index (κ1) is 22.8. The van der Waals surface area contributed by atoms with E-state index in [-0.39, 0.29) is 12.0 Å². The van der Waals surface area contributed by atoms with Crippen LogP contribution in [0.2, 0.25) is 0 Å². The fourth-order valence-corrected chi connectivity index (χ4v) is 3.98. The van der Waals surface area contributed by atoms with Gasteiger partial charge in [-0.05, 0) is 48.7 Å². The molecule has 0 aliphatic heterocycles. The van der Waals surface area contributed by atoms with E-state index in [2.05, 4.69) is 15.0 Å². The maximum absolute atomic E-state index is 12.5. The zero-order valence-electron chi connectivity index (χ0n) is 19.0. The first-order valence-corrected chi connectivity index (χ1v) is 10.6. The molecule has 4 aromatic rings. The average molecular weight is 460 g/mol. The van der Waals surface area contributed by atoms with E-state index in [0.29, 0.717) is 5.69 Å². The van der Waals surface area contributed by atoms with Crippen LogP contribution in [0.5, 0.6) is 5.88 Å². The molecule has 0 fully saturated rings. The van der Waals surface area contributed by atoms with Gasteiger partial charge in [0.05, 0.1) is 12.8 Å². The number of esters is 1. The van der Waals surface area contributed by atoms with E-state index in [4.69, 9.17) is 4.74 Å². The predicted molar refractivity (Wildman–Crippen MR) is 129 cm³/mol. The third-order valence-corrected chi connectivity index (χ3v) is 5.53. The van der Waals surface area contributed by atoms with Gasteiger partial charge in [0.15, 0.2) is 6.04 Å². The van der Waals surface area contributed by atoms with Gasteiger partial charge in [0.2, 0.25) is 5.88 Å². The molecule has 34 heavy (non-hydrogen) atoms. The lowest BCUT2D eigenvalue weighted by atomic mass is 10.1. The van der Waals surface area contributed by atoms with Gasteiger partial charge in [0, 0.05) is 29.7 Å². The number of aliphatic imine (C=N–C) groups is 1. The van der Waals surface area contributed by atoms with Gasteiger partial charge >= 0.3 is 11.7 Å². The Morgan fingerprint density at radius 3 is 2.59 bits per heavy atom. The number of ether oxygens (including phenoxy) is 1. The molecule has 1 atom stereocenters. The standard InChI is InChI=1S/C25H24N4O5/c1-14-8-15(2)10-17(9-14)29-23(31)19(22(30)28-25(29)33)13-27-21(24(32)34-3)11-16-12-26-20-7-5-4-6-18(16)20/h4-10,12-13,21,26,31H,11H2,1-3H3,(H,28,30,33). The smallest absolute Gasteiger partial charge is 0.335 e. The summed E-state index contributed by atoms with van der Waals surface area (Å²) in [7, 11) is 1.25. The fraction of sp³-hybridized carbons (Fsp3) is 0.200. The van der Waals surface area contributed by atoms with Crippen molar-refractivity contribution in [2.75, 3.05) is 7.11 Å². The third-order valence-electron chi connectivity index (χ3n) is 5.53. The molecule has 3 N–H and O–H groups in total. The largest absolute Gasteiger partial charge is 0.493 e. The predicted octanol–water partition coefficient (Wildman–Crippen LogP) is 2.53. The number of aryl methyl sites for hydroxylation is 2. The van der Waals surface area contributed by atoms with E-state index >= 15 is 0 Å². The maximum atomic E-state index is 12.5. The molecule has 2 aromatic heterocycles. The molecule has 0 amide bonds. The van der Waals surface area contributed by atoms with Crippen molar-refractivity contribution >= 4 is 23.1 Å². The number of H-pyrrole nitrogens is 2. The molecule has 4 rings (SSSR count). The van der Waals surface area contributed by atoms with Crippen LogP contribution in [-0.4, -0.2) is 45.0 Å². The zero-order chi connectivity index (χ0) is 24.4. The molecule has 2 heterocycles. The first-order chi connectivity index (χ1) is 16.3. The lowest BCUT2D eigenvalue weighted by Crippen LogP contribution is -2.32. The Kier molecular flexibility index (Phi) is 6.18. The highest BCUT2D eigenvalue weighted by Gasteiger charge is 2.21. The van der Waals surface area contributed by atoms with Crippen LogP contribution in [0.15, 0.2) is 63.2 Å². The molecule has 0 spiro atoms. The summed E-state index contributed by atoms with van der Waals surface area (Å²) in [5.41, 5.74) is 2.08. The normalized spacial score (nSPS) is 12.3. The number of benzene rings is 2. The van der Waals surface area contributed by atoms with Gasteiger partial charge in [-0.15, -0.1) is 0 Å². The van der Waals surface area contributed by atoms with Gasteiger partial charge in [0.25, 0.3) is 5.56 Å². The number of hydrogen-bond acceptors (Lipinski definition) is 6. The number of rotatable bonds is 6. The van der Waals surface area contributed by atoms with Gasteiger partial charge in [-0.25, -0.2) is 14.2 Å². The number of aromatic hydroxyl groups is 1. The quantitative estimate of drug-likeness (QED) is 0.301. The van der Waals surface area contributed by atoms with Crippen LogP contribution in [0.25, 0.3) is 16.6 Å². The van der Waals surface area contributed by atoms with Gasteiger partial charge in [0.1, 0.15) is 5.56 Å². The number of carbonyl (C=O) groups is 1. The molecule has 0 radical (unpaired) electrons. The Bertz CT molecular complexity index is 1510. The van der Waals surface area contributed by atoms with Crippen LogP contribution in [0, 0.1) is 13.8 Å². The van der Waals surface area contributed by atoms with Crippen LogP contribution in [0.4, 0.5) is 0 Å². The van der Waals surface area contributed by atoms with Crippen molar-refractivity contribution in [3.63, 3.8) is 0 Å². The average Bonchev–Trinajstić information content (AvgIpc) is 3.19. The van der Waals surface area contributed by atoms with Crippen LogP contribution >= 0.6 is 0 Å². The van der Waals surface area contributed by atoms with Crippen molar-refractivity contribution in [1.82, 2.24) is 14.5 Å². The summed E-state index contributed by atoms with van der Waals surface area (Å²) < 4.78 is 5.89. The van der Waals surface area contributed by atoms with Gasteiger partial charge in [-0.1, -0.05) is 24.3 Å². The Balaban J connectivity index is 1.75. The summed E-state index contributed by atoms with van der Waals surface area (Å²) in [6.45, 7) is 3.72. The lowest BCUT2D eigenvalue weighted by Gasteiger charge is -2.12. The number of fused-ring (bicyclic) bond motifs is 1. The third kappa shape index (κ3) is 4.40. The Morgan fingerprint density at radius 2 is 1.88 bits per heavy atom. The minimum absolute atomic E-state index is 0.211. The lowest BCUT2D eigenvalue weighted by molar-refractivity contribution is -0.142. The van der Waals surface area contributed by atoms with Crippen LogP contribution in [0.1, 0.15) is 22.3 Å². The van der Waals surface area contributed by atoms with Gasteiger partial charge in [-0.2, -0.15) is 0 Å². The molecule has 0 aliphatic rings. The number of nitrogens with zero attached hydrogens (tertiary/aromatic N) is 2. The maximum Gasteiger partial charge on any atom is 0.335 e. The Morgan fingerprint density at radius 1 is 1.18 bits per heavy atom. The van der Waals surface area contributed by atoms with Crippen molar-refractivity contribution in [2.24, 2.45) is 4.99 Å². The van der Waals surface area contributed by atoms with E-state index in [9.17, 15) is 19.5 Å². The molecule has 1 unspecified atom stereocenters. The highest BCUT2D eigenvalue weighted by Crippen LogP contribution is 2.21. The van der Waals surface area contributed by atoms with E-state index in [1.807, 2.05) is 44.2 Å². The van der Waals surface area contributed by atoms with Crippen LogP contribution in [-0.2, 0) is 16.0 Å². The topological polar surface area (TPSA) is 130 Å². The molecular formula is C25H24N4O5. The van der Waals surface area contributed by atoms with Crippen molar-refractivity contribution in [1.29, 1.82) is 0 Å². The first-order valence-electron chi connectivity index (χ1n) is 10.6. The van der Waals surface area contributed by atoms with Crippen LogP contribution < -0.4 is 11.2 Å². The minimum Gasteiger partial charge on any atom is -0.493 e. The second-order valence-corrected chi connectivity index (χ2v) is 8.06. The van der Waals surface area contributed by atoms with Gasteiger partial charge in [-0.3, -0.25) is 14.8 Å². The van der Waals surface area contributed by atoms with Gasteiger partial charge < -0.3 is 14.8 Å². The molecule has 9 nitrogen and oxygen atoms in total. The summed E-state index contributed by atoms with van der Waals surface area (Å²) in [4.78, 5) is 47.0. The summed E-state index contributed by atoms with van der Waals surface area (Å²) >= 11 is 0.